The number of nitrogens with zero attached hydrogens (tertiary/aromatic N) is 1. The van der Waals surface area contributed by atoms with Crippen molar-refractivity contribution in [2.24, 2.45) is 0 Å². The van der Waals surface area contributed by atoms with Crippen LogP contribution in [0.3, 0.4) is 0 Å². The number of aromatic nitrogens is 1. The molecule has 1 unspecified atom stereocenters. The van der Waals surface area contributed by atoms with E-state index < -0.39 is 11.6 Å². The van der Waals surface area contributed by atoms with Crippen LogP contribution in [-0.4, -0.2) is 49.0 Å². The number of rotatable bonds is 4. The van der Waals surface area contributed by atoms with Crippen molar-refractivity contribution in [1.82, 2.24) is 10.3 Å². The summed E-state index contributed by atoms with van der Waals surface area (Å²) in [5.74, 6) is -1.01. The molecule has 0 aromatic carbocycles. The highest BCUT2D eigenvalue weighted by Gasteiger charge is 2.36. The van der Waals surface area contributed by atoms with Crippen LogP contribution in [0.2, 0.25) is 0 Å². The Balaban J connectivity index is 2.25. The third-order valence-electron chi connectivity index (χ3n) is 2.89. The van der Waals surface area contributed by atoms with Crippen molar-refractivity contribution in [1.29, 1.82) is 0 Å². The maximum atomic E-state index is 10.7. The van der Waals surface area contributed by atoms with Crippen LogP contribution < -0.4 is 5.32 Å². The summed E-state index contributed by atoms with van der Waals surface area (Å²) in [7, 11) is 0. The van der Waals surface area contributed by atoms with E-state index in [-0.39, 0.29) is 6.61 Å². The smallest absolute Gasteiger partial charge is 0.329 e. The molecule has 1 aliphatic rings. The van der Waals surface area contributed by atoms with Gasteiger partial charge in [-0.25, -0.2) is 9.78 Å². The van der Waals surface area contributed by atoms with Crippen molar-refractivity contribution in [3.05, 3.63) is 28.5 Å². The lowest BCUT2D eigenvalue weighted by atomic mass is 9.96. The monoisotopic (exact) mass is 330 g/mol. The standard InChI is InChI=1S/C12H15BrN2O4/c13-10-2-1-9(5-15-10)12(19-6-11(16)17)7-14-3-4-18-8-12/h1-2,5,14H,3-4,6-8H2,(H,16,17). The maximum Gasteiger partial charge on any atom is 0.329 e. The van der Waals surface area contributed by atoms with Gasteiger partial charge in [-0.1, -0.05) is 6.07 Å². The van der Waals surface area contributed by atoms with E-state index in [9.17, 15) is 4.79 Å². The van der Waals surface area contributed by atoms with E-state index in [2.05, 4.69) is 26.2 Å². The second kappa shape index (κ2) is 6.42. The van der Waals surface area contributed by atoms with E-state index in [1.165, 1.54) is 0 Å². The first-order valence-electron chi connectivity index (χ1n) is 5.89. The molecule has 0 radical (unpaired) electrons. The molecule has 19 heavy (non-hydrogen) atoms. The lowest BCUT2D eigenvalue weighted by Crippen LogP contribution is -2.43. The Morgan fingerprint density at radius 1 is 1.63 bits per heavy atom. The zero-order chi connectivity index (χ0) is 13.7. The number of carboxylic acid groups (broad SMARTS) is 1. The summed E-state index contributed by atoms with van der Waals surface area (Å²) in [5.41, 5.74) is -0.0193. The average molecular weight is 331 g/mol. The molecule has 0 saturated carbocycles. The molecule has 0 aliphatic carbocycles. The van der Waals surface area contributed by atoms with Gasteiger partial charge in [-0.15, -0.1) is 0 Å². The molecule has 1 aromatic rings. The van der Waals surface area contributed by atoms with E-state index in [1.807, 2.05) is 6.07 Å². The fraction of sp³-hybridized carbons (Fsp3) is 0.500. The van der Waals surface area contributed by atoms with Crippen LogP contribution in [0, 0.1) is 0 Å². The minimum atomic E-state index is -1.01. The Morgan fingerprint density at radius 3 is 3.16 bits per heavy atom. The third-order valence-corrected chi connectivity index (χ3v) is 3.36. The van der Waals surface area contributed by atoms with E-state index in [0.717, 1.165) is 5.56 Å². The highest BCUT2D eigenvalue weighted by molar-refractivity contribution is 9.10. The predicted molar refractivity (Wildman–Crippen MR) is 70.9 cm³/mol. The number of hydrogen-bond acceptors (Lipinski definition) is 5. The van der Waals surface area contributed by atoms with Gasteiger partial charge in [-0.3, -0.25) is 0 Å². The van der Waals surface area contributed by atoms with Gasteiger partial charge in [0.15, 0.2) is 0 Å². The molecule has 6 nitrogen and oxygen atoms in total. The lowest BCUT2D eigenvalue weighted by molar-refractivity contribution is -0.154. The number of carbonyl (C=O) groups is 1. The maximum absolute atomic E-state index is 10.7. The molecule has 2 N–H and O–H groups in total. The molecular weight excluding hydrogens is 316 g/mol. The van der Waals surface area contributed by atoms with Crippen LogP contribution in [0.1, 0.15) is 5.56 Å². The topological polar surface area (TPSA) is 80.7 Å². The van der Waals surface area contributed by atoms with Crippen LogP contribution in [0.25, 0.3) is 0 Å². The zero-order valence-electron chi connectivity index (χ0n) is 10.3. The molecule has 2 rings (SSSR count). The van der Waals surface area contributed by atoms with Crippen molar-refractivity contribution >= 4 is 21.9 Å². The van der Waals surface area contributed by atoms with Crippen LogP contribution in [-0.2, 0) is 19.9 Å². The van der Waals surface area contributed by atoms with E-state index >= 15 is 0 Å². The molecule has 0 bridgehead atoms. The number of hydrogen-bond donors (Lipinski definition) is 2. The predicted octanol–water partition coefficient (Wildman–Crippen LogP) is 0.760. The molecule has 1 atom stereocenters. The van der Waals surface area contributed by atoms with E-state index in [1.54, 1.807) is 12.3 Å². The number of ether oxygens (including phenoxy) is 2. The van der Waals surface area contributed by atoms with Crippen molar-refractivity contribution in [2.75, 3.05) is 32.9 Å². The fourth-order valence-corrected chi connectivity index (χ4v) is 2.16. The lowest BCUT2D eigenvalue weighted by Gasteiger charge is -2.31. The van der Waals surface area contributed by atoms with Crippen LogP contribution >= 0.6 is 15.9 Å². The molecule has 104 valence electrons. The highest BCUT2D eigenvalue weighted by atomic mass is 79.9. The molecule has 0 spiro atoms. The van der Waals surface area contributed by atoms with Crippen molar-refractivity contribution in [3.63, 3.8) is 0 Å². The second-order valence-electron chi connectivity index (χ2n) is 4.28. The Bertz CT molecular complexity index is 430. The Labute approximate surface area is 119 Å². The summed E-state index contributed by atoms with van der Waals surface area (Å²) in [6.07, 6.45) is 1.67. The third kappa shape index (κ3) is 3.73. The van der Waals surface area contributed by atoms with Crippen molar-refractivity contribution < 1.29 is 19.4 Å². The van der Waals surface area contributed by atoms with Gasteiger partial charge in [0.1, 0.15) is 16.8 Å². The molecule has 0 amide bonds. The quantitative estimate of drug-likeness (QED) is 0.793. The second-order valence-corrected chi connectivity index (χ2v) is 5.09. The van der Waals surface area contributed by atoms with Gasteiger partial charge in [0, 0.05) is 24.8 Å². The summed E-state index contributed by atoms with van der Waals surface area (Å²) in [6, 6.07) is 3.65. The van der Waals surface area contributed by atoms with Crippen molar-refractivity contribution in [2.45, 2.75) is 5.60 Å². The minimum absolute atomic E-state index is 0.302. The van der Waals surface area contributed by atoms with Gasteiger partial charge in [0.25, 0.3) is 0 Å². The van der Waals surface area contributed by atoms with Gasteiger partial charge in [0.05, 0.1) is 13.2 Å². The SMILES string of the molecule is O=C(O)COC1(c2ccc(Br)nc2)CNCCOC1. The van der Waals surface area contributed by atoms with Gasteiger partial charge in [-0.05, 0) is 22.0 Å². The molecule has 1 fully saturated rings. The summed E-state index contributed by atoms with van der Waals surface area (Å²) < 4.78 is 11.8. The largest absolute Gasteiger partial charge is 0.480 e. The molecule has 1 saturated heterocycles. The molecule has 2 heterocycles. The molecular formula is C12H15BrN2O4. The van der Waals surface area contributed by atoms with E-state index in [0.29, 0.717) is 30.9 Å². The molecule has 7 heteroatoms. The van der Waals surface area contributed by atoms with Gasteiger partial charge < -0.3 is 19.9 Å². The number of aliphatic carboxylic acids is 1. The first kappa shape index (κ1) is 14.4. The Kier molecular flexibility index (Phi) is 4.87. The first-order valence-corrected chi connectivity index (χ1v) is 6.68. The van der Waals surface area contributed by atoms with E-state index in [4.69, 9.17) is 14.6 Å². The fourth-order valence-electron chi connectivity index (χ4n) is 1.93. The summed E-state index contributed by atoms with van der Waals surface area (Å²) in [4.78, 5) is 14.9. The minimum Gasteiger partial charge on any atom is -0.480 e. The summed E-state index contributed by atoms with van der Waals surface area (Å²) >= 11 is 3.27. The normalized spacial score (nSPS) is 23.8. The number of carboxylic acids is 1. The number of halogens is 1. The summed E-state index contributed by atoms with van der Waals surface area (Å²) in [6.45, 7) is 1.70. The average Bonchev–Trinajstić information content (AvgIpc) is 2.64. The first-order chi connectivity index (χ1) is 9.12. The van der Waals surface area contributed by atoms with Gasteiger partial charge in [0.2, 0.25) is 0 Å². The Hall–Kier alpha value is -1.02. The van der Waals surface area contributed by atoms with Crippen molar-refractivity contribution in [3.8, 4) is 0 Å². The van der Waals surface area contributed by atoms with Crippen LogP contribution in [0.5, 0.6) is 0 Å². The zero-order valence-corrected chi connectivity index (χ0v) is 11.9. The highest BCUT2D eigenvalue weighted by Crippen LogP contribution is 2.27. The Morgan fingerprint density at radius 2 is 2.47 bits per heavy atom. The van der Waals surface area contributed by atoms with Gasteiger partial charge in [-0.2, -0.15) is 0 Å². The molecule has 1 aromatic heterocycles. The van der Waals surface area contributed by atoms with Crippen LogP contribution in [0.4, 0.5) is 0 Å². The number of pyridine rings is 1. The summed E-state index contributed by atoms with van der Waals surface area (Å²) in [5, 5.41) is 12.0. The van der Waals surface area contributed by atoms with Crippen LogP contribution in [0.15, 0.2) is 22.9 Å². The van der Waals surface area contributed by atoms with Gasteiger partial charge >= 0.3 is 5.97 Å². The number of nitrogens with one attached hydrogen (secondary N) is 1. The molecule has 1 aliphatic heterocycles.